The number of likely N-dealkylation sites (N-methyl/N-ethyl adjacent to an activating group) is 1. The van der Waals surface area contributed by atoms with Crippen LogP contribution in [0.25, 0.3) is 0 Å². The van der Waals surface area contributed by atoms with Gasteiger partial charge in [-0.3, -0.25) is 9.36 Å². The zero-order valence-corrected chi connectivity index (χ0v) is 33.8. The third-order valence-electron chi connectivity index (χ3n) is 8.30. The van der Waals surface area contributed by atoms with Gasteiger partial charge in [0.05, 0.1) is 46.0 Å². The standard InChI is InChI=1S/C41H75N2O7P/c1-6-8-10-12-14-16-18-19-21-22-24-26-28-31-38(44)32-30-34-41(46)42-39(37-50-51(47,48)49-36-35-43(3,4)5)40(45)33-29-27-25-23-20-17-15-13-11-9-7-2/h19-21,23-24,26,28-29,31,33,38-40,44-45H,6-18,22,25,27,30,32,34-37H2,1-5H3,(H-,42,46,47,48)/b21-19+,23-20-,26-24+,31-28+,33-29+/t38?,39-,40+/m0/s1. The topological polar surface area (TPSA) is 128 Å². The van der Waals surface area contributed by atoms with E-state index in [4.69, 9.17) is 9.05 Å². The maximum absolute atomic E-state index is 12.8. The third-order valence-corrected chi connectivity index (χ3v) is 9.27. The Hall–Kier alpha value is -1.84. The molecular weight excluding hydrogens is 663 g/mol. The molecule has 0 rings (SSSR count). The number of aliphatic hydroxyl groups is 2. The fourth-order valence-electron chi connectivity index (χ4n) is 5.06. The van der Waals surface area contributed by atoms with E-state index in [-0.39, 0.29) is 18.9 Å². The largest absolute Gasteiger partial charge is 0.756 e. The molecule has 1 amide bonds. The molecule has 0 saturated carbocycles. The summed E-state index contributed by atoms with van der Waals surface area (Å²) in [4.78, 5) is 25.2. The predicted molar refractivity (Wildman–Crippen MR) is 211 cm³/mol. The van der Waals surface area contributed by atoms with Gasteiger partial charge in [-0.15, -0.1) is 0 Å². The first-order chi connectivity index (χ1) is 24.4. The summed E-state index contributed by atoms with van der Waals surface area (Å²) in [5.74, 6) is -0.367. The summed E-state index contributed by atoms with van der Waals surface area (Å²) in [5, 5.41) is 23.9. The molecule has 0 aromatic carbocycles. The fourth-order valence-corrected chi connectivity index (χ4v) is 5.78. The van der Waals surface area contributed by atoms with Crippen molar-refractivity contribution < 1.29 is 38.0 Å². The number of carbonyl (C=O) groups excluding carboxylic acids is 1. The van der Waals surface area contributed by atoms with Crippen molar-refractivity contribution in [2.75, 3.05) is 40.9 Å². The Morgan fingerprint density at radius 1 is 0.745 bits per heavy atom. The molecule has 51 heavy (non-hydrogen) atoms. The van der Waals surface area contributed by atoms with Gasteiger partial charge in [0.2, 0.25) is 5.91 Å². The predicted octanol–water partition coefficient (Wildman–Crippen LogP) is 8.63. The number of nitrogens with zero attached hydrogens (tertiary/aromatic N) is 1. The van der Waals surface area contributed by atoms with Gasteiger partial charge < -0.3 is 34.0 Å². The van der Waals surface area contributed by atoms with Gasteiger partial charge in [0.15, 0.2) is 0 Å². The minimum absolute atomic E-state index is 0.0427. The number of amides is 1. The summed E-state index contributed by atoms with van der Waals surface area (Å²) < 4.78 is 23.0. The van der Waals surface area contributed by atoms with Gasteiger partial charge in [0.25, 0.3) is 7.82 Å². The zero-order chi connectivity index (χ0) is 38.1. The number of rotatable bonds is 34. The van der Waals surface area contributed by atoms with Crippen LogP contribution in [0.1, 0.15) is 136 Å². The Labute approximate surface area is 312 Å². The third kappa shape index (κ3) is 35.0. The second-order valence-corrected chi connectivity index (χ2v) is 15.9. The van der Waals surface area contributed by atoms with Crippen LogP contribution < -0.4 is 10.2 Å². The van der Waals surface area contributed by atoms with Crippen LogP contribution in [0.2, 0.25) is 0 Å². The maximum atomic E-state index is 12.8. The minimum Gasteiger partial charge on any atom is -0.756 e. The van der Waals surface area contributed by atoms with Crippen molar-refractivity contribution >= 4 is 13.7 Å². The van der Waals surface area contributed by atoms with Gasteiger partial charge in [0.1, 0.15) is 13.2 Å². The van der Waals surface area contributed by atoms with E-state index < -0.39 is 32.7 Å². The molecule has 0 aromatic heterocycles. The second kappa shape index (κ2) is 32.8. The monoisotopic (exact) mass is 739 g/mol. The Kier molecular flexibility index (Phi) is 31.6. The lowest BCUT2D eigenvalue weighted by Gasteiger charge is -2.29. The van der Waals surface area contributed by atoms with Gasteiger partial charge in [0, 0.05) is 6.42 Å². The van der Waals surface area contributed by atoms with Gasteiger partial charge >= 0.3 is 0 Å². The van der Waals surface area contributed by atoms with Crippen LogP contribution in [0, 0.1) is 0 Å². The number of hydrogen-bond donors (Lipinski definition) is 3. The number of allylic oxidation sites excluding steroid dienone is 8. The van der Waals surface area contributed by atoms with E-state index in [1.54, 1.807) is 12.2 Å². The van der Waals surface area contributed by atoms with Crippen LogP contribution in [0.4, 0.5) is 0 Å². The molecule has 0 spiro atoms. The van der Waals surface area contributed by atoms with E-state index in [9.17, 15) is 24.5 Å². The van der Waals surface area contributed by atoms with Crippen molar-refractivity contribution in [3.63, 3.8) is 0 Å². The average Bonchev–Trinajstić information content (AvgIpc) is 3.06. The van der Waals surface area contributed by atoms with Crippen molar-refractivity contribution in [3.05, 3.63) is 60.8 Å². The Bertz CT molecular complexity index is 1040. The second-order valence-electron chi connectivity index (χ2n) is 14.5. The number of phosphoric acid groups is 1. The molecule has 0 aliphatic heterocycles. The molecular formula is C41H75N2O7P. The van der Waals surface area contributed by atoms with Gasteiger partial charge in [-0.1, -0.05) is 132 Å². The van der Waals surface area contributed by atoms with Crippen LogP contribution >= 0.6 is 7.82 Å². The van der Waals surface area contributed by atoms with Crippen LogP contribution in [0.3, 0.4) is 0 Å². The summed E-state index contributed by atoms with van der Waals surface area (Å²) in [6, 6.07) is -0.994. The summed E-state index contributed by atoms with van der Waals surface area (Å²) in [5.41, 5.74) is 0. The smallest absolute Gasteiger partial charge is 0.268 e. The highest BCUT2D eigenvalue weighted by molar-refractivity contribution is 7.45. The molecule has 296 valence electrons. The van der Waals surface area contributed by atoms with Crippen LogP contribution in [-0.2, 0) is 18.4 Å². The van der Waals surface area contributed by atoms with Gasteiger partial charge in [-0.2, -0.15) is 0 Å². The highest BCUT2D eigenvalue weighted by Gasteiger charge is 2.23. The lowest BCUT2D eigenvalue weighted by Crippen LogP contribution is -2.45. The molecule has 0 aliphatic rings. The molecule has 3 N–H and O–H groups in total. The molecule has 0 heterocycles. The lowest BCUT2D eigenvalue weighted by atomic mass is 10.1. The van der Waals surface area contributed by atoms with E-state index in [0.29, 0.717) is 30.3 Å². The van der Waals surface area contributed by atoms with Gasteiger partial charge in [-0.25, -0.2) is 0 Å². The molecule has 2 unspecified atom stereocenters. The van der Waals surface area contributed by atoms with E-state index in [0.717, 1.165) is 25.7 Å². The van der Waals surface area contributed by atoms with Crippen molar-refractivity contribution in [1.82, 2.24) is 5.32 Å². The number of phosphoric ester groups is 1. The molecule has 0 saturated heterocycles. The van der Waals surface area contributed by atoms with Gasteiger partial charge in [-0.05, 0) is 57.8 Å². The SMILES string of the molecule is CCCCCCC/C=C\CC/C=C/[C@@H](O)[C@H](COP(=O)([O-])OCC[N+](C)(C)C)NC(=O)CCCC(O)/C=C/C=C/C/C=C/CCCCCCCC. The summed E-state index contributed by atoms with van der Waals surface area (Å²) in [6.45, 7) is 4.40. The van der Waals surface area contributed by atoms with Crippen molar-refractivity contribution in [2.24, 2.45) is 0 Å². The Morgan fingerprint density at radius 2 is 1.33 bits per heavy atom. The number of aliphatic hydroxyl groups excluding tert-OH is 2. The van der Waals surface area contributed by atoms with E-state index in [1.807, 2.05) is 45.4 Å². The number of carbonyl (C=O) groups is 1. The first kappa shape index (κ1) is 49.2. The molecule has 0 aliphatic carbocycles. The minimum atomic E-state index is -4.64. The molecule has 9 nitrogen and oxygen atoms in total. The summed E-state index contributed by atoms with van der Waals surface area (Å²) in [6.07, 6.45) is 37.3. The summed E-state index contributed by atoms with van der Waals surface area (Å²) in [7, 11) is 1.12. The maximum Gasteiger partial charge on any atom is 0.268 e. The Morgan fingerprint density at radius 3 is 1.98 bits per heavy atom. The molecule has 0 radical (unpaired) electrons. The van der Waals surface area contributed by atoms with Crippen molar-refractivity contribution in [3.8, 4) is 0 Å². The van der Waals surface area contributed by atoms with Crippen LogP contribution in [0.15, 0.2) is 60.8 Å². The first-order valence-electron chi connectivity index (χ1n) is 19.8. The Balaban J connectivity index is 4.76. The number of unbranched alkanes of at least 4 members (excludes halogenated alkanes) is 12. The van der Waals surface area contributed by atoms with E-state index in [1.165, 1.54) is 70.6 Å². The molecule has 0 aromatic rings. The molecule has 0 bridgehead atoms. The zero-order valence-electron chi connectivity index (χ0n) is 32.9. The lowest BCUT2D eigenvalue weighted by molar-refractivity contribution is -0.870. The van der Waals surface area contributed by atoms with Crippen molar-refractivity contribution in [1.29, 1.82) is 0 Å². The van der Waals surface area contributed by atoms with Crippen molar-refractivity contribution in [2.45, 2.75) is 154 Å². The quantitative estimate of drug-likeness (QED) is 0.0198. The molecule has 4 atom stereocenters. The first-order valence-corrected chi connectivity index (χ1v) is 21.2. The highest BCUT2D eigenvalue weighted by atomic mass is 31.2. The number of quaternary nitrogens is 1. The number of nitrogens with one attached hydrogen (secondary N) is 1. The summed E-state index contributed by atoms with van der Waals surface area (Å²) >= 11 is 0. The molecule has 10 heteroatoms. The van der Waals surface area contributed by atoms with Crippen LogP contribution in [0.5, 0.6) is 0 Å². The number of hydrogen-bond acceptors (Lipinski definition) is 7. The van der Waals surface area contributed by atoms with E-state index in [2.05, 4.69) is 43.5 Å². The average molecular weight is 739 g/mol. The fraction of sp³-hybridized carbons (Fsp3) is 0.732. The highest BCUT2D eigenvalue weighted by Crippen LogP contribution is 2.38. The molecule has 0 fully saturated rings. The van der Waals surface area contributed by atoms with Crippen LogP contribution in [-0.4, -0.2) is 79.8 Å². The normalized spacial score (nSPS) is 15.8. The van der Waals surface area contributed by atoms with E-state index >= 15 is 0 Å².